The number of anilines is 1. The molecule has 1 aromatic carbocycles. The fourth-order valence-corrected chi connectivity index (χ4v) is 6.70. The number of sulfonamides is 2. The Morgan fingerprint density at radius 3 is 2.40 bits per heavy atom. The van der Waals surface area contributed by atoms with E-state index >= 15 is 0 Å². The van der Waals surface area contributed by atoms with Gasteiger partial charge in [0.2, 0.25) is 25.9 Å². The summed E-state index contributed by atoms with van der Waals surface area (Å²) in [5.41, 5.74) is 1.80. The Balaban J connectivity index is 1.82. The van der Waals surface area contributed by atoms with E-state index in [1.165, 1.54) is 25.0 Å². The van der Waals surface area contributed by atoms with Gasteiger partial charge in [-0.3, -0.25) is 4.98 Å². The predicted molar refractivity (Wildman–Crippen MR) is 116 cm³/mol. The highest BCUT2D eigenvalue weighted by Gasteiger charge is 2.28. The zero-order valence-corrected chi connectivity index (χ0v) is 18.5. The molecule has 2 heterocycles. The molecule has 0 amide bonds. The number of pyridine rings is 1. The van der Waals surface area contributed by atoms with Gasteiger partial charge < -0.3 is 9.67 Å². The fourth-order valence-electron chi connectivity index (χ4n) is 3.74. The van der Waals surface area contributed by atoms with Gasteiger partial charge in [0.25, 0.3) is 0 Å². The normalized spacial score (nSPS) is 14.9. The third-order valence-electron chi connectivity index (χ3n) is 5.13. The number of benzene rings is 1. The maximum absolute atomic E-state index is 12.1. The van der Waals surface area contributed by atoms with Gasteiger partial charge in [-0.2, -0.15) is 3.71 Å². The maximum atomic E-state index is 12.1. The molecule has 1 aliphatic rings. The van der Waals surface area contributed by atoms with Crippen LogP contribution in [0.4, 0.5) is 5.69 Å². The molecule has 0 radical (unpaired) electrons. The van der Waals surface area contributed by atoms with Crippen molar-refractivity contribution in [2.24, 2.45) is 5.92 Å². The molecular weight excluding hydrogens is 426 g/mol. The van der Waals surface area contributed by atoms with Gasteiger partial charge in [-0.25, -0.2) is 16.8 Å². The molecule has 8 nitrogen and oxygen atoms in total. The molecule has 10 heteroatoms. The SMILES string of the molecule is Cc1nc(-c2cccc(N(S(C)(=O)=O)S(C)(=O)=O)c2)cc2cn(CC3CC3)c(O)c12. The van der Waals surface area contributed by atoms with Crippen LogP contribution < -0.4 is 3.71 Å². The van der Waals surface area contributed by atoms with Gasteiger partial charge in [-0.05, 0) is 43.9 Å². The van der Waals surface area contributed by atoms with E-state index in [-0.39, 0.29) is 11.6 Å². The second-order valence-corrected chi connectivity index (χ2v) is 11.8. The summed E-state index contributed by atoms with van der Waals surface area (Å²) in [6, 6.07) is 8.05. The lowest BCUT2D eigenvalue weighted by Gasteiger charge is -2.20. The van der Waals surface area contributed by atoms with Crippen molar-refractivity contribution in [2.75, 3.05) is 16.2 Å². The van der Waals surface area contributed by atoms with Crippen molar-refractivity contribution in [3.05, 3.63) is 42.2 Å². The highest BCUT2D eigenvalue weighted by atomic mass is 32.3. The number of rotatable bonds is 6. The summed E-state index contributed by atoms with van der Waals surface area (Å²) < 4.78 is 50.6. The molecule has 3 aromatic rings. The Kier molecular flexibility index (Phi) is 4.81. The summed E-state index contributed by atoms with van der Waals surface area (Å²) >= 11 is 0. The van der Waals surface area contributed by atoms with E-state index in [9.17, 15) is 21.9 Å². The third kappa shape index (κ3) is 3.89. The zero-order valence-electron chi connectivity index (χ0n) is 16.9. The first kappa shape index (κ1) is 20.7. The predicted octanol–water partition coefficient (Wildman–Crippen LogP) is 2.85. The average Bonchev–Trinajstić information content (AvgIpc) is 3.36. The van der Waals surface area contributed by atoms with Crippen LogP contribution in [-0.2, 0) is 26.6 Å². The molecule has 1 fully saturated rings. The largest absolute Gasteiger partial charge is 0.494 e. The van der Waals surface area contributed by atoms with Crippen LogP contribution in [0, 0.1) is 12.8 Å². The number of fused-ring (bicyclic) bond motifs is 1. The second-order valence-electron chi connectivity index (χ2n) is 7.88. The number of aromatic nitrogens is 2. The molecule has 0 saturated heterocycles. The van der Waals surface area contributed by atoms with Gasteiger partial charge in [0.05, 0.1) is 35.0 Å². The molecule has 2 aromatic heterocycles. The first-order valence-electron chi connectivity index (χ1n) is 9.45. The van der Waals surface area contributed by atoms with Crippen molar-refractivity contribution in [2.45, 2.75) is 26.3 Å². The molecule has 0 aliphatic heterocycles. The van der Waals surface area contributed by atoms with Gasteiger partial charge in [0, 0.05) is 23.7 Å². The summed E-state index contributed by atoms with van der Waals surface area (Å²) in [5, 5.41) is 12.1. The third-order valence-corrected chi connectivity index (χ3v) is 8.38. The van der Waals surface area contributed by atoms with E-state index < -0.39 is 20.0 Å². The number of nitrogens with zero attached hydrogens (tertiary/aromatic N) is 3. The van der Waals surface area contributed by atoms with Gasteiger partial charge in [-0.15, -0.1) is 0 Å². The Hall–Kier alpha value is -2.59. The van der Waals surface area contributed by atoms with Crippen LogP contribution in [0.2, 0.25) is 0 Å². The zero-order chi connectivity index (χ0) is 21.8. The molecule has 0 atom stereocenters. The van der Waals surface area contributed by atoms with Crippen LogP contribution in [-0.4, -0.2) is 44.0 Å². The fraction of sp³-hybridized carbons (Fsp3) is 0.350. The van der Waals surface area contributed by atoms with Crippen molar-refractivity contribution in [3.8, 4) is 17.1 Å². The Morgan fingerprint density at radius 1 is 1.13 bits per heavy atom. The molecule has 30 heavy (non-hydrogen) atoms. The minimum atomic E-state index is -4.04. The molecule has 1 saturated carbocycles. The smallest absolute Gasteiger partial charge is 0.245 e. The van der Waals surface area contributed by atoms with Crippen LogP contribution in [0.15, 0.2) is 36.5 Å². The Morgan fingerprint density at radius 2 is 1.80 bits per heavy atom. The minimum absolute atomic E-state index is 0.0196. The van der Waals surface area contributed by atoms with Crippen LogP contribution in [0.5, 0.6) is 5.88 Å². The molecule has 0 spiro atoms. The topological polar surface area (TPSA) is 110 Å². The number of aromatic hydroxyl groups is 1. The van der Waals surface area contributed by atoms with Gasteiger partial charge in [0.15, 0.2) is 0 Å². The lowest BCUT2D eigenvalue weighted by Crippen LogP contribution is -2.35. The van der Waals surface area contributed by atoms with Crippen molar-refractivity contribution in [1.82, 2.24) is 9.55 Å². The number of hydrogen-bond acceptors (Lipinski definition) is 6. The van der Waals surface area contributed by atoms with E-state index in [4.69, 9.17) is 0 Å². The van der Waals surface area contributed by atoms with Crippen molar-refractivity contribution < 1.29 is 21.9 Å². The standard InChI is InChI=1S/C20H23N3O5S2/c1-13-19-16(12-22(20(19)24)11-14-7-8-14)10-18(21-13)15-5-4-6-17(9-15)23(29(2,25)26)30(3,27)28/h4-6,9-10,12,14,24H,7-8,11H2,1-3H3. The molecule has 160 valence electrons. The summed E-state index contributed by atoms with van der Waals surface area (Å²) in [4.78, 5) is 4.57. The average molecular weight is 450 g/mol. The summed E-state index contributed by atoms with van der Waals surface area (Å²) in [6.07, 6.45) is 5.92. The number of aryl methyl sites for hydroxylation is 1. The first-order chi connectivity index (χ1) is 13.9. The second kappa shape index (κ2) is 6.98. The van der Waals surface area contributed by atoms with Crippen LogP contribution in [0.25, 0.3) is 22.0 Å². The Labute approximate surface area is 175 Å². The Bertz CT molecular complexity index is 1320. The molecule has 1 N–H and O–H groups in total. The van der Waals surface area contributed by atoms with E-state index in [1.807, 2.05) is 16.8 Å². The van der Waals surface area contributed by atoms with Crippen molar-refractivity contribution in [3.63, 3.8) is 0 Å². The minimum Gasteiger partial charge on any atom is -0.494 e. The van der Waals surface area contributed by atoms with E-state index in [2.05, 4.69) is 4.98 Å². The van der Waals surface area contributed by atoms with E-state index in [0.29, 0.717) is 32.0 Å². The number of hydrogen-bond donors (Lipinski definition) is 1. The van der Waals surface area contributed by atoms with Crippen LogP contribution >= 0.6 is 0 Å². The lowest BCUT2D eigenvalue weighted by atomic mass is 10.1. The summed E-state index contributed by atoms with van der Waals surface area (Å²) in [5.74, 6) is 0.794. The van der Waals surface area contributed by atoms with Gasteiger partial charge in [0.1, 0.15) is 0 Å². The lowest BCUT2D eigenvalue weighted by molar-refractivity contribution is 0.414. The van der Waals surface area contributed by atoms with Crippen molar-refractivity contribution in [1.29, 1.82) is 0 Å². The quantitative estimate of drug-likeness (QED) is 0.620. The molecular formula is C20H23N3O5S2. The van der Waals surface area contributed by atoms with Crippen LogP contribution in [0.1, 0.15) is 18.5 Å². The molecule has 0 bridgehead atoms. The van der Waals surface area contributed by atoms with Gasteiger partial charge >= 0.3 is 0 Å². The first-order valence-corrected chi connectivity index (χ1v) is 13.1. The summed E-state index contributed by atoms with van der Waals surface area (Å²) in [6.45, 7) is 2.57. The highest BCUT2D eigenvalue weighted by Crippen LogP contribution is 2.37. The van der Waals surface area contributed by atoms with Crippen LogP contribution in [0.3, 0.4) is 0 Å². The monoisotopic (exact) mass is 449 g/mol. The maximum Gasteiger partial charge on any atom is 0.245 e. The van der Waals surface area contributed by atoms with Gasteiger partial charge in [-0.1, -0.05) is 12.1 Å². The molecule has 1 aliphatic carbocycles. The van der Waals surface area contributed by atoms with E-state index in [0.717, 1.165) is 24.4 Å². The summed E-state index contributed by atoms with van der Waals surface area (Å²) in [7, 11) is -8.07. The van der Waals surface area contributed by atoms with E-state index in [1.54, 1.807) is 19.1 Å². The van der Waals surface area contributed by atoms with Crippen molar-refractivity contribution >= 4 is 36.5 Å². The highest BCUT2D eigenvalue weighted by molar-refractivity contribution is 8.09. The molecule has 4 rings (SSSR count). The molecule has 0 unspecified atom stereocenters.